The molecule has 1 aromatic heterocycles. The summed E-state index contributed by atoms with van der Waals surface area (Å²) in [5.41, 5.74) is 5.76. The van der Waals surface area contributed by atoms with E-state index in [0.29, 0.717) is 5.69 Å². The van der Waals surface area contributed by atoms with E-state index < -0.39 is 28.6 Å². The van der Waals surface area contributed by atoms with Gasteiger partial charge in [-0.15, -0.1) is 0 Å². The smallest absolute Gasteiger partial charge is 0.408 e. The van der Waals surface area contributed by atoms with Crippen molar-refractivity contribution < 1.29 is 19.2 Å². The summed E-state index contributed by atoms with van der Waals surface area (Å²) in [6.45, 7) is 5.10. The highest BCUT2D eigenvalue weighted by Gasteiger charge is 2.26. The molecule has 0 saturated heterocycles. The zero-order valence-electron chi connectivity index (χ0n) is 16.6. The van der Waals surface area contributed by atoms with Gasteiger partial charge in [0.15, 0.2) is 0 Å². The van der Waals surface area contributed by atoms with Crippen LogP contribution in [-0.2, 0) is 23.0 Å². The van der Waals surface area contributed by atoms with Gasteiger partial charge in [-0.2, -0.15) is 0 Å². The monoisotopic (exact) mass is 404 g/mol. The molecule has 2 rings (SSSR count). The van der Waals surface area contributed by atoms with E-state index in [9.17, 15) is 19.7 Å². The van der Waals surface area contributed by atoms with Crippen LogP contribution in [0.3, 0.4) is 0 Å². The van der Waals surface area contributed by atoms with Gasteiger partial charge in [-0.1, -0.05) is 0 Å². The van der Waals surface area contributed by atoms with Crippen LogP contribution in [0.4, 0.5) is 21.9 Å². The quantitative estimate of drug-likeness (QED) is 0.378. The maximum Gasteiger partial charge on any atom is 0.408 e. The first-order chi connectivity index (χ1) is 13.5. The summed E-state index contributed by atoms with van der Waals surface area (Å²) in [4.78, 5) is 39.4. The average molecular weight is 404 g/mol. The number of carbonyl (C=O) groups is 2. The van der Waals surface area contributed by atoms with E-state index in [2.05, 4.69) is 15.6 Å². The van der Waals surface area contributed by atoms with Crippen molar-refractivity contribution in [2.75, 3.05) is 11.1 Å². The zero-order valence-corrected chi connectivity index (χ0v) is 16.6. The molecule has 0 aliphatic heterocycles. The molecule has 0 bridgehead atoms. The van der Waals surface area contributed by atoms with Crippen LogP contribution < -0.4 is 16.4 Å². The summed E-state index contributed by atoms with van der Waals surface area (Å²) >= 11 is 0. The van der Waals surface area contributed by atoms with E-state index in [4.69, 9.17) is 10.5 Å². The van der Waals surface area contributed by atoms with Crippen molar-refractivity contribution >= 4 is 29.1 Å². The van der Waals surface area contributed by atoms with Crippen LogP contribution in [0.2, 0.25) is 0 Å². The van der Waals surface area contributed by atoms with Crippen molar-refractivity contribution in [2.24, 2.45) is 7.05 Å². The van der Waals surface area contributed by atoms with E-state index in [1.807, 2.05) is 0 Å². The van der Waals surface area contributed by atoms with Crippen LogP contribution in [0.5, 0.6) is 0 Å². The number of hydrogen-bond acceptors (Lipinski definition) is 7. The summed E-state index contributed by atoms with van der Waals surface area (Å²) in [7, 11) is 1.75. The van der Waals surface area contributed by atoms with Crippen LogP contribution in [0.25, 0.3) is 0 Å². The lowest BCUT2D eigenvalue weighted by atomic mass is 10.1. The predicted octanol–water partition coefficient (Wildman–Crippen LogP) is 1.98. The summed E-state index contributed by atoms with van der Waals surface area (Å²) < 4.78 is 6.93. The zero-order chi connectivity index (χ0) is 21.8. The molecule has 0 aliphatic carbocycles. The Kier molecular flexibility index (Phi) is 6.42. The molecule has 11 nitrogen and oxygen atoms in total. The molecule has 1 atom stereocenters. The highest BCUT2D eigenvalue weighted by molar-refractivity contribution is 5.99. The molecule has 2 amide bonds. The Morgan fingerprint density at radius 3 is 2.62 bits per heavy atom. The first-order valence-electron chi connectivity index (χ1n) is 8.76. The number of carbonyl (C=O) groups excluding carboxylic acids is 2. The average Bonchev–Trinajstić information content (AvgIpc) is 2.99. The second-order valence-electron chi connectivity index (χ2n) is 7.42. The summed E-state index contributed by atoms with van der Waals surface area (Å²) in [6.07, 6.45) is 2.48. The Labute approximate surface area is 167 Å². The van der Waals surface area contributed by atoms with Crippen LogP contribution in [0, 0.1) is 10.1 Å². The molecule has 1 heterocycles. The van der Waals surface area contributed by atoms with E-state index >= 15 is 0 Å². The lowest BCUT2D eigenvalue weighted by molar-refractivity contribution is -0.384. The molecule has 1 unspecified atom stereocenters. The second kappa shape index (κ2) is 8.59. The van der Waals surface area contributed by atoms with Gasteiger partial charge in [0.25, 0.3) is 5.69 Å². The molecule has 0 aliphatic rings. The van der Waals surface area contributed by atoms with Crippen molar-refractivity contribution in [1.29, 1.82) is 0 Å². The Morgan fingerprint density at radius 2 is 2.07 bits per heavy atom. The largest absolute Gasteiger partial charge is 0.444 e. The van der Waals surface area contributed by atoms with Crippen molar-refractivity contribution in [2.45, 2.75) is 38.8 Å². The molecule has 11 heteroatoms. The number of nitrogens with one attached hydrogen (secondary N) is 2. The first kappa shape index (κ1) is 21.7. The third-order valence-electron chi connectivity index (χ3n) is 3.84. The topological polar surface area (TPSA) is 154 Å². The van der Waals surface area contributed by atoms with Gasteiger partial charge in [0.1, 0.15) is 11.6 Å². The fraction of sp³-hybridized carbons (Fsp3) is 0.389. The van der Waals surface area contributed by atoms with Gasteiger partial charge in [-0.05, 0) is 26.8 Å². The number of imidazole rings is 1. The summed E-state index contributed by atoms with van der Waals surface area (Å²) in [5, 5.41) is 16.0. The number of non-ortho nitro benzene ring substituents is 1. The SMILES string of the molecule is Cn1cncc1CC(NC(=O)OC(C)(C)C)C(=O)Nc1cc([N+](=O)[O-])ccc1N. The number of nitro groups is 1. The number of aryl methyl sites for hydroxylation is 1. The number of ether oxygens (including phenoxy) is 1. The molecule has 0 spiro atoms. The van der Waals surface area contributed by atoms with Crippen molar-refractivity contribution in [3.63, 3.8) is 0 Å². The Balaban J connectivity index is 2.24. The van der Waals surface area contributed by atoms with Crippen LogP contribution in [0.1, 0.15) is 26.5 Å². The molecular weight excluding hydrogens is 380 g/mol. The van der Waals surface area contributed by atoms with Gasteiger partial charge in [0.05, 0.1) is 22.6 Å². The summed E-state index contributed by atoms with van der Waals surface area (Å²) in [5.74, 6) is -0.607. The predicted molar refractivity (Wildman–Crippen MR) is 106 cm³/mol. The Morgan fingerprint density at radius 1 is 1.38 bits per heavy atom. The van der Waals surface area contributed by atoms with Gasteiger partial charge in [-0.25, -0.2) is 9.78 Å². The van der Waals surface area contributed by atoms with Crippen LogP contribution in [-0.4, -0.2) is 38.1 Å². The molecule has 0 radical (unpaired) electrons. The maximum atomic E-state index is 12.8. The Bertz CT molecular complexity index is 918. The molecule has 1 aromatic carbocycles. The Hall–Kier alpha value is -3.63. The third kappa shape index (κ3) is 6.19. The van der Waals surface area contributed by atoms with Crippen LogP contribution in [0.15, 0.2) is 30.7 Å². The molecule has 0 saturated carbocycles. The van der Waals surface area contributed by atoms with E-state index in [1.54, 1.807) is 44.9 Å². The highest BCUT2D eigenvalue weighted by atomic mass is 16.6. The number of alkyl carbamates (subject to hydrolysis) is 1. The van der Waals surface area contributed by atoms with Crippen molar-refractivity contribution in [3.8, 4) is 0 Å². The summed E-state index contributed by atoms with van der Waals surface area (Å²) in [6, 6.07) is 2.68. The van der Waals surface area contributed by atoms with Gasteiger partial charge in [-0.3, -0.25) is 14.9 Å². The van der Waals surface area contributed by atoms with Gasteiger partial charge in [0.2, 0.25) is 5.91 Å². The number of aromatic nitrogens is 2. The third-order valence-corrected chi connectivity index (χ3v) is 3.84. The number of hydrogen-bond donors (Lipinski definition) is 3. The second-order valence-corrected chi connectivity index (χ2v) is 7.42. The number of benzene rings is 1. The molecule has 29 heavy (non-hydrogen) atoms. The number of nitrogen functional groups attached to an aromatic ring is 1. The standard InChI is InChI=1S/C18H24N6O5/c1-18(2,3)29-17(26)22-15(8-12-9-20-10-23(12)4)16(25)21-14-7-11(24(27)28)5-6-13(14)19/h5-7,9-10,15H,8,19H2,1-4H3,(H,21,25)(H,22,26). The van der Waals surface area contributed by atoms with Gasteiger partial charge >= 0.3 is 6.09 Å². The lowest BCUT2D eigenvalue weighted by Crippen LogP contribution is -2.47. The van der Waals surface area contributed by atoms with Crippen LogP contribution >= 0.6 is 0 Å². The van der Waals surface area contributed by atoms with Crippen molar-refractivity contribution in [1.82, 2.24) is 14.9 Å². The number of amides is 2. The van der Waals surface area contributed by atoms with E-state index in [0.717, 1.165) is 6.07 Å². The fourth-order valence-electron chi connectivity index (χ4n) is 2.44. The maximum absolute atomic E-state index is 12.8. The minimum Gasteiger partial charge on any atom is -0.444 e. The minimum absolute atomic E-state index is 0.0743. The normalized spacial score (nSPS) is 12.1. The number of nitro benzene ring substituents is 1. The lowest BCUT2D eigenvalue weighted by Gasteiger charge is -2.23. The number of nitrogens with zero attached hydrogens (tertiary/aromatic N) is 3. The molecule has 4 N–H and O–H groups in total. The van der Waals surface area contributed by atoms with Crippen molar-refractivity contribution in [3.05, 3.63) is 46.5 Å². The minimum atomic E-state index is -1.03. The number of nitrogens with two attached hydrogens (primary N) is 1. The van der Waals surface area contributed by atoms with Gasteiger partial charge in [0, 0.05) is 37.5 Å². The van der Waals surface area contributed by atoms with E-state index in [1.165, 1.54) is 12.1 Å². The molecule has 2 aromatic rings. The molecule has 156 valence electrons. The van der Waals surface area contributed by atoms with E-state index in [-0.39, 0.29) is 23.5 Å². The number of anilines is 2. The molecular formula is C18H24N6O5. The molecule has 0 fully saturated rings. The fourth-order valence-corrected chi connectivity index (χ4v) is 2.44. The highest BCUT2D eigenvalue weighted by Crippen LogP contribution is 2.24. The van der Waals surface area contributed by atoms with Gasteiger partial charge < -0.3 is 25.7 Å². The number of rotatable bonds is 6. The first-order valence-corrected chi connectivity index (χ1v) is 8.76.